The van der Waals surface area contributed by atoms with E-state index in [0.717, 1.165) is 28.4 Å². The van der Waals surface area contributed by atoms with Crippen LogP contribution in [0.25, 0.3) is 0 Å². The van der Waals surface area contributed by atoms with Crippen LogP contribution in [0.3, 0.4) is 0 Å². The Balaban J connectivity index is 1.40. The number of aryl methyl sites for hydroxylation is 2. The van der Waals surface area contributed by atoms with Gasteiger partial charge in [-0.25, -0.2) is 14.7 Å². The van der Waals surface area contributed by atoms with Gasteiger partial charge in [-0.3, -0.25) is 4.79 Å². The number of amides is 1. The van der Waals surface area contributed by atoms with Gasteiger partial charge in [-0.05, 0) is 44.0 Å². The van der Waals surface area contributed by atoms with E-state index in [0.29, 0.717) is 31.0 Å². The Morgan fingerprint density at radius 2 is 1.86 bits per heavy atom. The second kappa shape index (κ2) is 10.3. The topological polar surface area (TPSA) is 134 Å². The van der Waals surface area contributed by atoms with E-state index in [1.807, 2.05) is 16.5 Å². The number of rotatable bonds is 6. The van der Waals surface area contributed by atoms with Crippen LogP contribution >= 0.6 is 0 Å². The maximum atomic E-state index is 13.0. The number of benzene rings is 1. The molecule has 1 aliphatic rings. The third-order valence-electron chi connectivity index (χ3n) is 5.62. The highest BCUT2D eigenvalue weighted by Gasteiger charge is 2.31. The number of aromatic nitrogens is 3. The second-order valence-electron chi connectivity index (χ2n) is 8.36. The van der Waals surface area contributed by atoms with Gasteiger partial charge in [-0.2, -0.15) is 30.9 Å². The molecule has 1 saturated heterocycles. The first-order chi connectivity index (χ1) is 17.4. The Hall–Kier alpha value is -3.72. The molecule has 0 aliphatic carbocycles. The molecule has 3 heterocycles. The summed E-state index contributed by atoms with van der Waals surface area (Å²) in [5.74, 6) is -0.539. The molecule has 0 unspecified atom stereocenters. The standard InChI is InChI=1S/C22H24F3N7O4S/c1-14-4-5-16(22(23,24)25)12-17(14)28-21-29-18(13-36-21)19(33)30-37(34,35)32-9-3-8-31(10-11-32)20-26-7-6-15(2)27-20/h4-7,12-13H,3,8-11H2,1-2H3,(H,28,29)(H,30,33). The summed E-state index contributed by atoms with van der Waals surface area (Å²) >= 11 is 0. The molecule has 0 atom stereocenters. The molecule has 3 aromatic rings. The Morgan fingerprint density at radius 3 is 2.59 bits per heavy atom. The largest absolute Gasteiger partial charge is 0.431 e. The lowest BCUT2D eigenvalue weighted by Crippen LogP contribution is -2.45. The zero-order chi connectivity index (χ0) is 26.8. The molecule has 1 amide bonds. The molecule has 0 bridgehead atoms. The van der Waals surface area contributed by atoms with E-state index < -0.39 is 27.9 Å². The normalized spacial score (nSPS) is 15.3. The van der Waals surface area contributed by atoms with Crippen molar-refractivity contribution in [1.29, 1.82) is 0 Å². The van der Waals surface area contributed by atoms with E-state index in [2.05, 4.69) is 20.3 Å². The fourth-order valence-electron chi connectivity index (χ4n) is 3.64. The predicted octanol–water partition coefficient (Wildman–Crippen LogP) is 3.03. The molecule has 0 spiro atoms. The minimum Gasteiger partial charge on any atom is -0.431 e. The number of nitrogens with zero attached hydrogens (tertiary/aromatic N) is 5. The molecule has 198 valence electrons. The maximum Gasteiger partial charge on any atom is 0.416 e. The molecule has 1 fully saturated rings. The van der Waals surface area contributed by atoms with Crippen molar-refractivity contribution in [2.75, 3.05) is 36.4 Å². The lowest BCUT2D eigenvalue weighted by molar-refractivity contribution is -0.137. The first-order valence-corrected chi connectivity index (χ1v) is 12.6. The Bertz CT molecular complexity index is 1390. The van der Waals surface area contributed by atoms with Crippen molar-refractivity contribution in [3.8, 4) is 0 Å². The molecular weight excluding hydrogens is 515 g/mol. The van der Waals surface area contributed by atoms with Crippen LogP contribution in [0.2, 0.25) is 0 Å². The quantitative estimate of drug-likeness (QED) is 0.485. The average molecular weight is 540 g/mol. The van der Waals surface area contributed by atoms with E-state index in [1.54, 1.807) is 19.2 Å². The molecule has 15 heteroatoms. The number of nitrogens with one attached hydrogen (secondary N) is 2. The lowest BCUT2D eigenvalue weighted by atomic mass is 10.1. The molecule has 37 heavy (non-hydrogen) atoms. The summed E-state index contributed by atoms with van der Waals surface area (Å²) in [6, 6.07) is 4.60. The Kier molecular flexibility index (Phi) is 7.36. The second-order valence-corrected chi connectivity index (χ2v) is 10.0. The fraction of sp³-hybridized carbons (Fsp3) is 0.364. The van der Waals surface area contributed by atoms with Crippen LogP contribution in [-0.4, -0.2) is 59.8 Å². The molecule has 1 aliphatic heterocycles. The molecule has 0 saturated carbocycles. The van der Waals surface area contributed by atoms with Crippen LogP contribution in [-0.2, 0) is 16.4 Å². The molecule has 1 aromatic carbocycles. The summed E-state index contributed by atoms with van der Waals surface area (Å²) in [6.45, 7) is 4.55. The van der Waals surface area contributed by atoms with Crippen molar-refractivity contribution in [3.05, 3.63) is 59.2 Å². The molecule has 0 radical (unpaired) electrons. The van der Waals surface area contributed by atoms with Gasteiger partial charge in [0.1, 0.15) is 6.26 Å². The summed E-state index contributed by atoms with van der Waals surface area (Å²) in [4.78, 5) is 26.9. The highest BCUT2D eigenvalue weighted by Crippen LogP contribution is 2.33. The highest BCUT2D eigenvalue weighted by atomic mass is 32.2. The van der Waals surface area contributed by atoms with E-state index in [-0.39, 0.29) is 30.5 Å². The van der Waals surface area contributed by atoms with Gasteiger partial charge in [0.05, 0.1) is 5.56 Å². The van der Waals surface area contributed by atoms with Crippen LogP contribution < -0.4 is 14.9 Å². The number of alkyl halides is 3. The third kappa shape index (κ3) is 6.35. The molecule has 2 N–H and O–H groups in total. The van der Waals surface area contributed by atoms with E-state index in [4.69, 9.17) is 4.42 Å². The minimum absolute atomic E-state index is 0.0722. The molecule has 11 nitrogen and oxygen atoms in total. The first kappa shape index (κ1) is 26.3. The molecule has 4 rings (SSSR count). The van der Waals surface area contributed by atoms with Crippen molar-refractivity contribution in [2.45, 2.75) is 26.4 Å². The van der Waals surface area contributed by atoms with E-state index in [1.165, 1.54) is 6.07 Å². The van der Waals surface area contributed by atoms with E-state index in [9.17, 15) is 26.4 Å². The zero-order valence-corrected chi connectivity index (χ0v) is 20.7. The number of oxazole rings is 1. The third-order valence-corrected chi connectivity index (χ3v) is 7.11. The summed E-state index contributed by atoms with van der Waals surface area (Å²) in [7, 11) is -4.21. The molecular formula is C22H24F3N7O4S. The van der Waals surface area contributed by atoms with Gasteiger partial charge in [0.2, 0.25) is 5.95 Å². The van der Waals surface area contributed by atoms with Crippen LogP contribution in [0.15, 0.2) is 41.1 Å². The number of hydrogen-bond acceptors (Lipinski definition) is 9. The van der Waals surface area contributed by atoms with Gasteiger partial charge < -0.3 is 14.6 Å². The number of halogens is 3. The monoisotopic (exact) mass is 539 g/mol. The van der Waals surface area contributed by atoms with Gasteiger partial charge in [-0.15, -0.1) is 0 Å². The number of carbonyl (C=O) groups is 1. The van der Waals surface area contributed by atoms with Crippen molar-refractivity contribution >= 4 is 33.8 Å². The van der Waals surface area contributed by atoms with Gasteiger partial charge in [0.25, 0.3) is 11.9 Å². The van der Waals surface area contributed by atoms with Gasteiger partial charge in [-0.1, -0.05) is 6.07 Å². The summed E-state index contributed by atoms with van der Waals surface area (Å²) < 4.78 is 73.0. The lowest BCUT2D eigenvalue weighted by Gasteiger charge is -2.21. The van der Waals surface area contributed by atoms with Gasteiger partial charge >= 0.3 is 16.4 Å². The summed E-state index contributed by atoms with van der Waals surface area (Å²) in [6.07, 6.45) is -1.51. The zero-order valence-electron chi connectivity index (χ0n) is 19.9. The predicted molar refractivity (Wildman–Crippen MR) is 128 cm³/mol. The highest BCUT2D eigenvalue weighted by molar-refractivity contribution is 7.87. The number of carbonyl (C=O) groups excluding carboxylic acids is 1. The number of hydrogen-bond donors (Lipinski definition) is 2. The van der Waals surface area contributed by atoms with Crippen LogP contribution in [0, 0.1) is 13.8 Å². The van der Waals surface area contributed by atoms with Crippen LogP contribution in [0.4, 0.5) is 30.8 Å². The average Bonchev–Trinajstić information content (AvgIpc) is 3.14. The van der Waals surface area contributed by atoms with E-state index >= 15 is 0 Å². The first-order valence-electron chi connectivity index (χ1n) is 11.2. The summed E-state index contributed by atoms with van der Waals surface area (Å²) in [5.41, 5.74) is 0.103. The fourth-order valence-corrected chi connectivity index (χ4v) is 4.80. The van der Waals surface area contributed by atoms with Crippen molar-refractivity contribution in [2.24, 2.45) is 0 Å². The summed E-state index contributed by atoms with van der Waals surface area (Å²) in [5, 5.41) is 2.58. The van der Waals surface area contributed by atoms with Gasteiger partial charge in [0, 0.05) is 43.8 Å². The van der Waals surface area contributed by atoms with Crippen LogP contribution in [0.1, 0.15) is 33.7 Å². The molecule has 2 aromatic heterocycles. The smallest absolute Gasteiger partial charge is 0.416 e. The minimum atomic E-state index is -4.54. The van der Waals surface area contributed by atoms with Gasteiger partial charge in [0.15, 0.2) is 5.69 Å². The Morgan fingerprint density at radius 1 is 1.08 bits per heavy atom. The SMILES string of the molecule is Cc1ccnc(N2CCCN(S(=O)(=O)NC(=O)c3coc(Nc4cc(C(F)(F)F)ccc4C)n3)CC2)n1. The maximum absolute atomic E-state index is 13.0. The van der Waals surface area contributed by atoms with Crippen molar-refractivity contribution in [3.63, 3.8) is 0 Å². The van der Waals surface area contributed by atoms with Crippen LogP contribution in [0.5, 0.6) is 0 Å². The van der Waals surface area contributed by atoms with Crippen molar-refractivity contribution in [1.82, 2.24) is 24.0 Å². The Labute approximate surface area is 210 Å². The number of anilines is 3. The van der Waals surface area contributed by atoms with Crippen molar-refractivity contribution < 1.29 is 30.8 Å².